The van der Waals surface area contributed by atoms with Gasteiger partial charge in [-0.05, 0) is 48.5 Å². The van der Waals surface area contributed by atoms with Crippen LogP contribution in [-0.4, -0.2) is 43.0 Å². The van der Waals surface area contributed by atoms with Crippen LogP contribution in [-0.2, 0) is 0 Å². The molecule has 5 heterocycles. The Kier molecular flexibility index (Phi) is 8.36. The predicted molar refractivity (Wildman–Crippen MR) is 197 cm³/mol. The van der Waals surface area contributed by atoms with Crippen molar-refractivity contribution in [2.45, 2.75) is 0 Å². The van der Waals surface area contributed by atoms with E-state index in [2.05, 4.69) is 9.97 Å². The summed E-state index contributed by atoms with van der Waals surface area (Å²) in [5.74, 6) is 1.21. The summed E-state index contributed by atoms with van der Waals surface area (Å²) < 4.78 is 0. The van der Waals surface area contributed by atoms with Crippen LogP contribution in [0.4, 0.5) is 0 Å². The van der Waals surface area contributed by atoms with Crippen molar-refractivity contribution in [1.29, 1.82) is 0 Å². The monoisotopic (exact) mass is 810 g/mol. The number of hydrogen-bond donors (Lipinski definition) is 0. The molecule has 0 amide bonds. The molecule has 0 unspecified atom stereocenters. The first kappa shape index (κ1) is 33.5. The van der Waals surface area contributed by atoms with Gasteiger partial charge in [-0.2, -0.15) is 0 Å². The zero-order chi connectivity index (χ0) is 33.2. The van der Waals surface area contributed by atoms with Gasteiger partial charge in [-0.25, -0.2) is 4.98 Å². The van der Waals surface area contributed by atoms with E-state index >= 15 is 0 Å². The summed E-state index contributed by atoms with van der Waals surface area (Å²) in [6.45, 7) is 0. The standard InChI is InChI=1S/C32H8Cl8N8.Mg/c33-9-1-2-10(34)18-17(9)25-41-26(18)46-28-21-13(37)5-6-14(38)22(21)30(43-28)48-32-24-16(40)8-7-15(39)23(24)31(44-32)47-29-20-12(36)4-3-11(35)19(20)27(42-29)45-25;/h1-8H;/q-2;+2/p+2. The molecule has 0 saturated carbocycles. The van der Waals surface area contributed by atoms with Gasteiger partial charge in [0.25, 0.3) is 17.5 Å². The molecule has 3 aromatic heterocycles. The van der Waals surface area contributed by atoms with Crippen LogP contribution in [0.15, 0.2) is 48.5 Å². The molecule has 0 radical (unpaired) electrons. The van der Waals surface area contributed by atoms with Gasteiger partial charge < -0.3 is 9.97 Å². The molecule has 2 aliphatic rings. The Labute approximate surface area is 331 Å². The zero-order valence-electron chi connectivity index (χ0n) is 24.0. The first-order valence-corrected chi connectivity index (χ1v) is 16.9. The third kappa shape index (κ3) is 5.09. The smallest absolute Gasteiger partial charge is 0.331 e. The van der Waals surface area contributed by atoms with Gasteiger partial charge >= 0.3 is 23.1 Å². The zero-order valence-corrected chi connectivity index (χ0v) is 31.5. The summed E-state index contributed by atoms with van der Waals surface area (Å²) in [5.41, 5.74) is 2.83. The van der Waals surface area contributed by atoms with Crippen LogP contribution < -0.4 is 19.9 Å². The van der Waals surface area contributed by atoms with Gasteiger partial charge in [0.1, 0.15) is 5.82 Å². The fourth-order valence-electron chi connectivity index (χ4n) is 5.99. The van der Waals surface area contributed by atoms with E-state index in [1.54, 1.807) is 48.5 Å². The molecule has 0 saturated heterocycles. The van der Waals surface area contributed by atoms with Crippen molar-refractivity contribution >= 4 is 160 Å². The number of nitrogens with zero attached hydrogens (tertiary/aromatic N) is 6. The first-order chi connectivity index (χ1) is 23.1. The molecule has 0 atom stereocenters. The second kappa shape index (κ2) is 12.2. The number of aromatic nitrogens is 8. The Hall–Kier alpha value is -2.67. The molecule has 4 aromatic carbocycles. The normalized spacial score (nSPS) is 11.9. The van der Waals surface area contributed by atoms with Crippen LogP contribution in [0.5, 0.6) is 0 Å². The van der Waals surface area contributed by atoms with E-state index in [4.69, 9.17) is 123 Å². The number of halogens is 8. The van der Waals surface area contributed by atoms with Crippen molar-refractivity contribution in [3.63, 3.8) is 0 Å². The summed E-state index contributed by atoms with van der Waals surface area (Å²) in [5, 5.41) is 4.71. The van der Waals surface area contributed by atoms with Crippen LogP contribution in [0.1, 0.15) is 0 Å². The second-order valence-electron chi connectivity index (χ2n) is 10.7. The first-order valence-electron chi connectivity index (χ1n) is 13.8. The molecule has 0 spiro atoms. The number of hydrogen-bond acceptors (Lipinski definition) is 4. The Morgan fingerprint density at radius 3 is 0.776 bits per heavy atom. The minimum Gasteiger partial charge on any atom is -0.331 e. The Morgan fingerprint density at radius 1 is 0.347 bits per heavy atom. The van der Waals surface area contributed by atoms with Crippen molar-refractivity contribution in [3.8, 4) is 45.6 Å². The third-order valence-electron chi connectivity index (χ3n) is 8.02. The Bertz CT molecular complexity index is 2430. The fourth-order valence-corrected chi connectivity index (χ4v) is 7.94. The molecule has 7 aromatic rings. The van der Waals surface area contributed by atoms with E-state index in [0.717, 1.165) is 0 Å². The molecule has 0 fully saturated rings. The number of nitrogens with one attached hydrogen (secondary N) is 2. The van der Waals surface area contributed by atoms with Crippen molar-refractivity contribution in [2.75, 3.05) is 0 Å². The van der Waals surface area contributed by atoms with Gasteiger partial charge in [0.05, 0.1) is 68.2 Å². The van der Waals surface area contributed by atoms with Crippen LogP contribution >= 0.6 is 92.8 Å². The maximum atomic E-state index is 6.77. The molecule has 9 rings (SSSR count). The van der Waals surface area contributed by atoms with E-state index in [0.29, 0.717) is 107 Å². The predicted octanol–water partition coefficient (Wildman–Crippen LogP) is 9.81. The number of benzene rings is 4. The molecule has 8 nitrogen and oxygen atoms in total. The molecule has 49 heavy (non-hydrogen) atoms. The van der Waals surface area contributed by atoms with Crippen molar-refractivity contribution in [1.82, 2.24) is 29.9 Å². The minimum absolute atomic E-state index is 0. The Morgan fingerprint density at radius 2 is 0.551 bits per heavy atom. The molecule has 8 bridgehead atoms. The molecule has 0 aliphatic carbocycles. The SMILES string of the molecule is Clc1ccc(Cl)c2c1-c1nc3[n-]c(nc4[nH+]c(nc5[n-]c(nc-2[nH+]1)c1c(Cl)ccc(Cl)c51)-c1c(Cl)ccc(Cl)c1-4)c1c(Cl)ccc(Cl)c31.[Mg+2]. The molecule has 2 N–H and O–H groups in total. The van der Waals surface area contributed by atoms with E-state index in [1.165, 1.54) is 0 Å². The minimum atomic E-state index is 0. The largest absolute Gasteiger partial charge is 2.00 e. The van der Waals surface area contributed by atoms with E-state index in [1.807, 2.05) is 0 Å². The maximum Gasteiger partial charge on any atom is 2.00 e. The average Bonchev–Trinajstić information content (AvgIpc) is 3.80. The van der Waals surface area contributed by atoms with Crippen molar-refractivity contribution in [2.24, 2.45) is 0 Å². The van der Waals surface area contributed by atoms with Crippen LogP contribution in [0.2, 0.25) is 40.2 Å². The van der Waals surface area contributed by atoms with Crippen LogP contribution in [0.3, 0.4) is 0 Å². The summed E-state index contributed by atoms with van der Waals surface area (Å²) in [7, 11) is 0. The summed E-state index contributed by atoms with van der Waals surface area (Å²) in [4.78, 5) is 35.7. The van der Waals surface area contributed by atoms with E-state index < -0.39 is 0 Å². The van der Waals surface area contributed by atoms with Gasteiger partial charge in [-0.3, -0.25) is 9.97 Å². The third-order valence-corrected chi connectivity index (χ3v) is 10.5. The number of fused-ring (bicyclic) bond motifs is 20. The molecular formula is C32H10Cl8MgN8+2. The summed E-state index contributed by atoms with van der Waals surface area (Å²) >= 11 is 54.1. The maximum absolute atomic E-state index is 6.77. The van der Waals surface area contributed by atoms with Crippen LogP contribution in [0, 0.1) is 0 Å². The number of H-pyrrole nitrogens is 2. The van der Waals surface area contributed by atoms with E-state index in [-0.39, 0.29) is 45.6 Å². The Balaban J connectivity index is 0.00000348. The van der Waals surface area contributed by atoms with E-state index in [9.17, 15) is 0 Å². The summed E-state index contributed by atoms with van der Waals surface area (Å²) in [6, 6.07) is 13.3. The number of aromatic amines is 2. The van der Waals surface area contributed by atoms with Crippen LogP contribution in [0.25, 0.3) is 89.7 Å². The van der Waals surface area contributed by atoms with Crippen molar-refractivity contribution in [3.05, 3.63) is 88.7 Å². The van der Waals surface area contributed by atoms with Crippen molar-refractivity contribution < 1.29 is 9.97 Å². The molecule has 17 heteroatoms. The van der Waals surface area contributed by atoms with Gasteiger partial charge in [0.15, 0.2) is 16.9 Å². The van der Waals surface area contributed by atoms with Gasteiger partial charge in [0.2, 0.25) is 0 Å². The summed E-state index contributed by atoms with van der Waals surface area (Å²) in [6.07, 6.45) is 0. The van der Waals surface area contributed by atoms with Gasteiger partial charge in [-0.15, -0.1) is 0 Å². The van der Waals surface area contributed by atoms with Gasteiger partial charge in [-0.1, -0.05) is 108 Å². The fraction of sp³-hybridized carbons (Fsp3) is 0. The second-order valence-corrected chi connectivity index (χ2v) is 14.0. The number of rotatable bonds is 0. The molecule has 2 aliphatic heterocycles. The van der Waals surface area contributed by atoms with Gasteiger partial charge in [0, 0.05) is 21.4 Å². The average molecular weight is 814 g/mol. The molecular weight excluding hydrogens is 804 g/mol. The topological polar surface area (TPSA) is 108 Å². The molecule has 234 valence electrons. The quantitative estimate of drug-likeness (QED) is 0.141.